The molecule has 0 spiro atoms. The van der Waals surface area contributed by atoms with E-state index in [4.69, 9.17) is 16.3 Å². The predicted molar refractivity (Wildman–Crippen MR) is 103 cm³/mol. The van der Waals surface area contributed by atoms with Crippen LogP contribution in [0.4, 0.5) is 5.95 Å². The second kappa shape index (κ2) is 7.71. The molecule has 2 aliphatic rings. The zero-order chi connectivity index (χ0) is 18.9. The smallest absolute Gasteiger partial charge is 0.225 e. The van der Waals surface area contributed by atoms with E-state index in [-0.39, 0.29) is 12.3 Å². The average Bonchev–Trinajstić information content (AvgIpc) is 2.69. The van der Waals surface area contributed by atoms with E-state index in [1.54, 1.807) is 24.3 Å². The summed E-state index contributed by atoms with van der Waals surface area (Å²) in [5.41, 5.74) is 2.53. The number of sulfonamides is 1. The lowest BCUT2D eigenvalue weighted by molar-refractivity contribution is 0.122. The molecule has 0 atom stereocenters. The molecule has 0 amide bonds. The van der Waals surface area contributed by atoms with Gasteiger partial charge in [0.25, 0.3) is 0 Å². The van der Waals surface area contributed by atoms with Crippen molar-refractivity contribution in [2.75, 3.05) is 37.7 Å². The maximum Gasteiger partial charge on any atom is 0.225 e. The summed E-state index contributed by atoms with van der Waals surface area (Å²) in [6, 6.07) is 6.91. The Morgan fingerprint density at radius 1 is 1.11 bits per heavy atom. The molecule has 2 aliphatic heterocycles. The highest BCUT2D eigenvalue weighted by molar-refractivity contribution is 7.88. The first-order valence-corrected chi connectivity index (χ1v) is 10.9. The molecule has 2 aromatic rings. The van der Waals surface area contributed by atoms with Crippen LogP contribution in [0.1, 0.15) is 16.8 Å². The van der Waals surface area contributed by atoms with Crippen LogP contribution in [-0.4, -0.2) is 55.5 Å². The van der Waals surface area contributed by atoms with Gasteiger partial charge in [-0.1, -0.05) is 23.7 Å². The normalized spacial score (nSPS) is 18.3. The third-order valence-electron chi connectivity index (χ3n) is 4.85. The minimum Gasteiger partial charge on any atom is -0.378 e. The van der Waals surface area contributed by atoms with E-state index in [2.05, 4.69) is 14.9 Å². The number of nitrogens with zero attached hydrogens (tertiary/aromatic N) is 4. The molecule has 7 nitrogen and oxygen atoms in total. The highest BCUT2D eigenvalue weighted by Gasteiger charge is 2.28. The molecule has 27 heavy (non-hydrogen) atoms. The lowest BCUT2D eigenvalue weighted by atomic mass is 10.1. The summed E-state index contributed by atoms with van der Waals surface area (Å²) in [5.74, 6) is 0.606. The van der Waals surface area contributed by atoms with Gasteiger partial charge in [-0.05, 0) is 29.7 Å². The van der Waals surface area contributed by atoms with Gasteiger partial charge in [-0.25, -0.2) is 18.4 Å². The number of rotatable bonds is 4. The SMILES string of the molecule is O=S(=O)(Cc1ccc(Cl)cc1)N1CCc2cnc(N3CCOCC3)nc2C1. The zero-order valence-corrected chi connectivity index (χ0v) is 16.4. The summed E-state index contributed by atoms with van der Waals surface area (Å²) in [6.07, 6.45) is 2.45. The van der Waals surface area contributed by atoms with Gasteiger partial charge < -0.3 is 9.64 Å². The summed E-state index contributed by atoms with van der Waals surface area (Å²) < 4.78 is 32.6. The van der Waals surface area contributed by atoms with Crippen molar-refractivity contribution in [1.82, 2.24) is 14.3 Å². The van der Waals surface area contributed by atoms with E-state index >= 15 is 0 Å². The summed E-state index contributed by atoms with van der Waals surface area (Å²) in [7, 11) is -3.43. The fraction of sp³-hybridized carbons (Fsp3) is 0.444. The van der Waals surface area contributed by atoms with Gasteiger partial charge in [-0.2, -0.15) is 4.31 Å². The van der Waals surface area contributed by atoms with E-state index in [1.165, 1.54) is 4.31 Å². The summed E-state index contributed by atoms with van der Waals surface area (Å²) >= 11 is 5.88. The van der Waals surface area contributed by atoms with E-state index < -0.39 is 10.0 Å². The van der Waals surface area contributed by atoms with Gasteiger partial charge >= 0.3 is 0 Å². The highest BCUT2D eigenvalue weighted by Crippen LogP contribution is 2.23. The number of ether oxygens (including phenoxy) is 1. The summed E-state index contributed by atoms with van der Waals surface area (Å²) in [6.45, 7) is 3.53. The number of hydrogen-bond acceptors (Lipinski definition) is 6. The van der Waals surface area contributed by atoms with E-state index in [0.717, 1.165) is 29.9 Å². The van der Waals surface area contributed by atoms with Crippen molar-refractivity contribution in [2.24, 2.45) is 0 Å². The van der Waals surface area contributed by atoms with Crippen LogP contribution >= 0.6 is 11.6 Å². The largest absolute Gasteiger partial charge is 0.378 e. The molecule has 0 aliphatic carbocycles. The number of morpholine rings is 1. The number of hydrogen-bond donors (Lipinski definition) is 0. The number of aromatic nitrogens is 2. The molecule has 0 saturated carbocycles. The van der Waals surface area contributed by atoms with Crippen molar-refractivity contribution in [2.45, 2.75) is 18.7 Å². The highest BCUT2D eigenvalue weighted by atomic mass is 35.5. The lowest BCUT2D eigenvalue weighted by Gasteiger charge is -2.30. The monoisotopic (exact) mass is 408 g/mol. The standard InChI is InChI=1S/C18H21ClN4O3S/c19-16-3-1-14(2-4-16)13-27(24,25)23-6-5-15-11-20-18(21-17(15)12-23)22-7-9-26-10-8-22/h1-4,11H,5-10,12-13H2. The molecule has 0 unspecified atom stereocenters. The van der Waals surface area contributed by atoms with Crippen LogP contribution in [0.3, 0.4) is 0 Å². The number of anilines is 1. The number of halogens is 1. The third kappa shape index (κ3) is 4.24. The first-order valence-electron chi connectivity index (χ1n) is 8.91. The van der Waals surface area contributed by atoms with Crippen molar-refractivity contribution < 1.29 is 13.2 Å². The fourth-order valence-electron chi connectivity index (χ4n) is 3.30. The van der Waals surface area contributed by atoms with Gasteiger partial charge in [0.15, 0.2) is 0 Å². The molecular weight excluding hydrogens is 388 g/mol. The Morgan fingerprint density at radius 2 is 1.85 bits per heavy atom. The average molecular weight is 409 g/mol. The van der Waals surface area contributed by atoms with Crippen LogP contribution in [0.15, 0.2) is 30.5 Å². The Balaban J connectivity index is 1.51. The van der Waals surface area contributed by atoms with Crippen molar-refractivity contribution in [3.05, 3.63) is 52.3 Å². The summed E-state index contributed by atoms with van der Waals surface area (Å²) in [4.78, 5) is 11.2. The number of fused-ring (bicyclic) bond motifs is 1. The molecule has 144 valence electrons. The third-order valence-corrected chi connectivity index (χ3v) is 6.90. The molecule has 1 aromatic carbocycles. The molecule has 0 radical (unpaired) electrons. The van der Waals surface area contributed by atoms with Crippen molar-refractivity contribution in [3.8, 4) is 0 Å². The van der Waals surface area contributed by atoms with Crippen LogP contribution < -0.4 is 4.90 Å². The second-order valence-electron chi connectivity index (χ2n) is 6.71. The van der Waals surface area contributed by atoms with Gasteiger partial charge in [-0.3, -0.25) is 0 Å². The summed E-state index contributed by atoms with van der Waals surface area (Å²) in [5, 5.41) is 0.593. The van der Waals surface area contributed by atoms with Gasteiger partial charge in [0.05, 0.1) is 31.2 Å². The topological polar surface area (TPSA) is 75.6 Å². The Kier molecular flexibility index (Phi) is 5.32. The van der Waals surface area contributed by atoms with Gasteiger partial charge in [-0.15, -0.1) is 0 Å². The minimum atomic E-state index is -3.43. The molecule has 0 N–H and O–H groups in total. The van der Waals surface area contributed by atoms with Crippen LogP contribution in [0.2, 0.25) is 5.02 Å². The molecule has 1 saturated heterocycles. The van der Waals surface area contributed by atoms with Crippen molar-refractivity contribution >= 4 is 27.6 Å². The molecule has 1 fully saturated rings. The predicted octanol–water partition coefficient (Wildman–Crippen LogP) is 1.85. The van der Waals surface area contributed by atoms with Gasteiger partial charge in [0.2, 0.25) is 16.0 Å². The van der Waals surface area contributed by atoms with Crippen molar-refractivity contribution in [3.63, 3.8) is 0 Å². The molecule has 3 heterocycles. The lowest BCUT2D eigenvalue weighted by Crippen LogP contribution is -2.39. The first-order chi connectivity index (χ1) is 13.0. The second-order valence-corrected chi connectivity index (χ2v) is 9.11. The molecule has 4 rings (SSSR count). The van der Waals surface area contributed by atoms with Crippen LogP contribution in [0.5, 0.6) is 0 Å². The quantitative estimate of drug-likeness (QED) is 0.768. The zero-order valence-electron chi connectivity index (χ0n) is 14.8. The first kappa shape index (κ1) is 18.6. The van der Waals surface area contributed by atoms with Crippen LogP contribution in [0.25, 0.3) is 0 Å². The number of benzene rings is 1. The Morgan fingerprint density at radius 3 is 2.59 bits per heavy atom. The minimum absolute atomic E-state index is 0.0408. The van der Waals surface area contributed by atoms with E-state index in [9.17, 15) is 8.42 Å². The Bertz CT molecular complexity index is 915. The Hall–Kier alpha value is -1.74. The van der Waals surface area contributed by atoms with Crippen LogP contribution in [-0.2, 0) is 33.5 Å². The van der Waals surface area contributed by atoms with Crippen molar-refractivity contribution in [1.29, 1.82) is 0 Å². The molecule has 0 bridgehead atoms. The van der Waals surface area contributed by atoms with E-state index in [1.807, 2.05) is 6.20 Å². The Labute approximate surface area is 164 Å². The fourth-order valence-corrected chi connectivity index (χ4v) is 4.91. The maximum atomic E-state index is 12.9. The van der Waals surface area contributed by atoms with E-state index in [0.29, 0.717) is 37.2 Å². The maximum absolute atomic E-state index is 12.9. The molecular formula is C18H21ClN4O3S. The molecule has 1 aromatic heterocycles. The van der Waals surface area contributed by atoms with Crippen LogP contribution in [0, 0.1) is 0 Å². The molecule has 9 heteroatoms. The van der Waals surface area contributed by atoms with Gasteiger partial charge in [0, 0.05) is 30.9 Å². The van der Waals surface area contributed by atoms with Gasteiger partial charge in [0.1, 0.15) is 0 Å².